The van der Waals surface area contributed by atoms with Gasteiger partial charge in [-0.15, -0.1) is 0 Å². The van der Waals surface area contributed by atoms with Gasteiger partial charge in [0.25, 0.3) is 0 Å². The van der Waals surface area contributed by atoms with Crippen molar-refractivity contribution in [3.8, 4) is 6.07 Å². The van der Waals surface area contributed by atoms with Crippen LogP contribution in [0.3, 0.4) is 0 Å². The van der Waals surface area contributed by atoms with Crippen molar-refractivity contribution in [2.75, 3.05) is 5.73 Å². The van der Waals surface area contributed by atoms with Crippen molar-refractivity contribution in [1.29, 1.82) is 5.26 Å². The fraction of sp³-hybridized carbons (Fsp3) is 0.222. The third-order valence-electron chi connectivity index (χ3n) is 1.81. The highest BCUT2D eigenvalue weighted by Crippen LogP contribution is 2.25. The number of aliphatic hydroxyl groups is 2. The Morgan fingerprint density at radius 2 is 2.07 bits per heavy atom. The number of nitrogens with zero attached hydrogens (tertiary/aromatic N) is 1. The van der Waals surface area contributed by atoms with Crippen LogP contribution in [0, 0.1) is 17.1 Å². The zero-order valence-electron chi connectivity index (χ0n) is 7.18. The Bertz CT molecular complexity index is 355. The second-order valence-electron chi connectivity index (χ2n) is 2.76. The number of benzene rings is 1. The molecule has 0 fully saturated rings. The zero-order chi connectivity index (χ0) is 10.7. The minimum absolute atomic E-state index is 0.00630. The first-order valence-electron chi connectivity index (χ1n) is 3.87. The summed E-state index contributed by atoms with van der Waals surface area (Å²) in [6, 6.07) is 5.25. The number of nitriles is 1. The number of nitrogen functional groups attached to an aromatic ring is 1. The maximum atomic E-state index is 13.1. The highest BCUT2D eigenvalue weighted by atomic mass is 19.1. The Hall–Kier alpha value is -1.64. The molecule has 2 unspecified atom stereocenters. The predicted octanol–water partition coefficient (Wildman–Crippen LogP) is 0.326. The number of halogens is 1. The Kier molecular flexibility index (Phi) is 3.02. The van der Waals surface area contributed by atoms with Crippen LogP contribution in [0.15, 0.2) is 18.2 Å². The highest BCUT2D eigenvalue weighted by Gasteiger charge is 2.23. The van der Waals surface area contributed by atoms with E-state index in [1.807, 2.05) is 0 Å². The Balaban J connectivity index is 3.13. The van der Waals surface area contributed by atoms with E-state index in [1.54, 1.807) is 0 Å². The van der Waals surface area contributed by atoms with Crippen molar-refractivity contribution in [2.24, 2.45) is 0 Å². The first-order valence-corrected chi connectivity index (χ1v) is 3.87. The monoisotopic (exact) mass is 196 g/mol. The summed E-state index contributed by atoms with van der Waals surface area (Å²) in [6.07, 6.45) is -3.31. The lowest BCUT2D eigenvalue weighted by Gasteiger charge is -2.14. The molecule has 1 aromatic carbocycles. The average Bonchev–Trinajstić information content (AvgIpc) is 2.16. The molecule has 0 aromatic heterocycles. The first kappa shape index (κ1) is 10.4. The molecule has 4 N–H and O–H groups in total. The van der Waals surface area contributed by atoms with Crippen LogP contribution in [0.5, 0.6) is 0 Å². The molecule has 0 aliphatic carbocycles. The lowest BCUT2D eigenvalue weighted by Crippen LogP contribution is -2.18. The molecule has 0 heterocycles. The lowest BCUT2D eigenvalue weighted by atomic mass is 10.0. The number of nitrogens with two attached hydrogens (primary N) is 1. The van der Waals surface area contributed by atoms with E-state index in [-0.39, 0.29) is 11.3 Å². The Morgan fingerprint density at radius 3 is 2.57 bits per heavy atom. The molecule has 0 saturated carbocycles. The second kappa shape index (κ2) is 4.05. The minimum Gasteiger partial charge on any atom is -0.398 e. The van der Waals surface area contributed by atoms with E-state index >= 15 is 0 Å². The van der Waals surface area contributed by atoms with Crippen LogP contribution in [0.4, 0.5) is 10.1 Å². The molecule has 14 heavy (non-hydrogen) atoms. The number of hydrogen-bond donors (Lipinski definition) is 3. The van der Waals surface area contributed by atoms with Gasteiger partial charge in [0, 0.05) is 11.3 Å². The molecular weight excluding hydrogens is 187 g/mol. The van der Waals surface area contributed by atoms with Gasteiger partial charge in [0.1, 0.15) is 11.9 Å². The van der Waals surface area contributed by atoms with E-state index in [0.717, 1.165) is 6.07 Å². The van der Waals surface area contributed by atoms with Gasteiger partial charge >= 0.3 is 0 Å². The summed E-state index contributed by atoms with van der Waals surface area (Å²) in [4.78, 5) is 0. The highest BCUT2D eigenvalue weighted by molar-refractivity contribution is 5.49. The quantitative estimate of drug-likeness (QED) is 0.469. The molecule has 2 atom stereocenters. The van der Waals surface area contributed by atoms with E-state index < -0.39 is 18.0 Å². The van der Waals surface area contributed by atoms with Crippen molar-refractivity contribution < 1.29 is 14.6 Å². The molecule has 74 valence electrons. The van der Waals surface area contributed by atoms with E-state index in [1.165, 1.54) is 18.2 Å². The Morgan fingerprint density at radius 1 is 1.43 bits per heavy atom. The fourth-order valence-corrected chi connectivity index (χ4v) is 1.09. The van der Waals surface area contributed by atoms with Crippen LogP contribution < -0.4 is 5.73 Å². The van der Waals surface area contributed by atoms with Crippen LogP contribution in [0.2, 0.25) is 0 Å². The molecule has 0 bridgehead atoms. The maximum absolute atomic E-state index is 13.1. The van der Waals surface area contributed by atoms with Crippen molar-refractivity contribution in [2.45, 2.75) is 12.2 Å². The SMILES string of the molecule is N#CC(O)C(O)c1c(N)cccc1F. The largest absolute Gasteiger partial charge is 0.398 e. The number of hydrogen-bond acceptors (Lipinski definition) is 4. The molecule has 0 spiro atoms. The van der Waals surface area contributed by atoms with Gasteiger partial charge in [-0.3, -0.25) is 0 Å². The third kappa shape index (κ3) is 1.82. The van der Waals surface area contributed by atoms with Gasteiger partial charge < -0.3 is 15.9 Å². The van der Waals surface area contributed by atoms with E-state index in [4.69, 9.17) is 16.1 Å². The summed E-state index contributed by atoms with van der Waals surface area (Å²) in [7, 11) is 0. The van der Waals surface area contributed by atoms with Crippen LogP contribution in [0.25, 0.3) is 0 Å². The van der Waals surface area contributed by atoms with E-state index in [0.29, 0.717) is 0 Å². The third-order valence-corrected chi connectivity index (χ3v) is 1.81. The molecule has 0 aliphatic heterocycles. The van der Waals surface area contributed by atoms with Gasteiger partial charge in [-0.2, -0.15) is 5.26 Å². The Labute approximate surface area is 80.0 Å². The van der Waals surface area contributed by atoms with E-state index in [9.17, 15) is 9.50 Å². The molecule has 1 rings (SSSR count). The summed E-state index contributed by atoms with van der Waals surface area (Å²) in [5.41, 5.74) is 5.15. The van der Waals surface area contributed by atoms with Crippen LogP contribution >= 0.6 is 0 Å². The van der Waals surface area contributed by atoms with Crippen molar-refractivity contribution in [3.63, 3.8) is 0 Å². The van der Waals surface area contributed by atoms with Gasteiger partial charge in [-0.25, -0.2) is 4.39 Å². The molecule has 1 aromatic rings. The number of anilines is 1. The standard InChI is InChI=1S/C9H9FN2O2/c10-5-2-1-3-6(12)8(5)9(14)7(13)4-11/h1-3,7,9,13-14H,12H2. The summed E-state index contributed by atoms with van der Waals surface area (Å²) in [6.45, 7) is 0. The molecule has 5 heteroatoms. The van der Waals surface area contributed by atoms with Crippen molar-refractivity contribution >= 4 is 5.69 Å². The van der Waals surface area contributed by atoms with Crippen molar-refractivity contribution in [1.82, 2.24) is 0 Å². The summed E-state index contributed by atoms with van der Waals surface area (Å²) in [5, 5.41) is 26.7. The predicted molar refractivity (Wildman–Crippen MR) is 47.4 cm³/mol. The molecule has 0 amide bonds. The van der Waals surface area contributed by atoms with Crippen LogP contribution in [-0.4, -0.2) is 16.3 Å². The van der Waals surface area contributed by atoms with Gasteiger partial charge in [0.15, 0.2) is 6.10 Å². The second-order valence-corrected chi connectivity index (χ2v) is 2.76. The maximum Gasteiger partial charge on any atom is 0.170 e. The smallest absolute Gasteiger partial charge is 0.170 e. The van der Waals surface area contributed by atoms with E-state index in [2.05, 4.69) is 0 Å². The lowest BCUT2D eigenvalue weighted by molar-refractivity contribution is 0.0508. The van der Waals surface area contributed by atoms with Gasteiger partial charge in [-0.05, 0) is 12.1 Å². The zero-order valence-corrected chi connectivity index (χ0v) is 7.18. The van der Waals surface area contributed by atoms with Crippen LogP contribution in [0.1, 0.15) is 11.7 Å². The first-order chi connectivity index (χ1) is 6.57. The van der Waals surface area contributed by atoms with Crippen molar-refractivity contribution in [3.05, 3.63) is 29.6 Å². The normalized spacial score (nSPS) is 14.4. The molecule has 0 saturated heterocycles. The minimum atomic E-state index is -1.69. The summed E-state index contributed by atoms with van der Waals surface area (Å²) >= 11 is 0. The van der Waals surface area contributed by atoms with Gasteiger partial charge in [0.2, 0.25) is 0 Å². The van der Waals surface area contributed by atoms with Gasteiger partial charge in [0.05, 0.1) is 6.07 Å². The fourth-order valence-electron chi connectivity index (χ4n) is 1.09. The molecule has 4 nitrogen and oxygen atoms in total. The van der Waals surface area contributed by atoms with Gasteiger partial charge in [-0.1, -0.05) is 6.07 Å². The molecule has 0 radical (unpaired) electrons. The summed E-state index contributed by atoms with van der Waals surface area (Å²) in [5.74, 6) is -0.744. The molecular formula is C9H9FN2O2. The number of aliphatic hydroxyl groups excluding tert-OH is 2. The number of rotatable bonds is 2. The average molecular weight is 196 g/mol. The van der Waals surface area contributed by atoms with Crippen LogP contribution in [-0.2, 0) is 0 Å². The topological polar surface area (TPSA) is 90.3 Å². The molecule has 0 aliphatic rings. The summed E-state index contributed by atoms with van der Waals surface area (Å²) < 4.78 is 13.1.